The highest BCUT2D eigenvalue weighted by Crippen LogP contribution is 2.21. The molecule has 0 aromatic heterocycles. The highest BCUT2D eigenvalue weighted by atomic mass is 16.1. The van der Waals surface area contributed by atoms with Gasteiger partial charge in [0.15, 0.2) is 0 Å². The Kier molecular flexibility index (Phi) is 4.99. The van der Waals surface area contributed by atoms with Crippen LogP contribution in [0.5, 0.6) is 0 Å². The summed E-state index contributed by atoms with van der Waals surface area (Å²) < 4.78 is 0. The van der Waals surface area contributed by atoms with Crippen LogP contribution in [0.2, 0.25) is 0 Å². The largest absolute Gasteiger partial charge is 0.353 e. The second-order valence-corrected chi connectivity index (χ2v) is 4.51. The van der Waals surface area contributed by atoms with Gasteiger partial charge in [-0.25, -0.2) is 0 Å². The van der Waals surface area contributed by atoms with Crippen molar-refractivity contribution in [2.45, 2.75) is 40.2 Å². The summed E-state index contributed by atoms with van der Waals surface area (Å²) in [5.41, 5.74) is 0.127. The predicted molar refractivity (Wildman–Crippen MR) is 55.6 cm³/mol. The number of hydrogen-bond acceptors (Lipinski definition) is 2. The zero-order valence-corrected chi connectivity index (χ0v) is 9.40. The quantitative estimate of drug-likeness (QED) is 0.691. The first-order valence-corrected chi connectivity index (χ1v) is 4.79. The van der Waals surface area contributed by atoms with E-state index >= 15 is 0 Å². The molecule has 0 aliphatic carbocycles. The summed E-state index contributed by atoms with van der Waals surface area (Å²) in [5.74, 6) is 0.0519. The zero-order chi connectivity index (χ0) is 10.5. The molecule has 0 aliphatic rings. The Morgan fingerprint density at radius 3 is 2.23 bits per heavy atom. The van der Waals surface area contributed by atoms with Crippen molar-refractivity contribution in [3.8, 4) is 0 Å². The molecule has 0 saturated heterocycles. The van der Waals surface area contributed by atoms with Crippen LogP contribution in [0, 0.1) is 5.41 Å². The van der Waals surface area contributed by atoms with E-state index in [1.807, 2.05) is 7.05 Å². The monoisotopic (exact) mass is 186 g/mol. The lowest BCUT2D eigenvalue weighted by Gasteiger charge is -2.31. The average Bonchev–Trinajstić information content (AvgIpc) is 1.95. The minimum absolute atomic E-state index is 0.0519. The van der Waals surface area contributed by atoms with Gasteiger partial charge in [0.2, 0.25) is 5.91 Å². The fourth-order valence-electron chi connectivity index (χ4n) is 1.26. The first kappa shape index (κ1) is 12.4. The molecule has 0 aromatic carbocycles. The van der Waals surface area contributed by atoms with Crippen molar-refractivity contribution in [3.63, 3.8) is 0 Å². The van der Waals surface area contributed by atoms with Crippen molar-refractivity contribution in [2.75, 3.05) is 13.6 Å². The van der Waals surface area contributed by atoms with Crippen molar-refractivity contribution >= 4 is 5.91 Å². The molecule has 78 valence electrons. The third-order valence-electron chi connectivity index (χ3n) is 2.11. The smallest absolute Gasteiger partial charge is 0.217 e. The minimum Gasteiger partial charge on any atom is -0.353 e. The van der Waals surface area contributed by atoms with Gasteiger partial charge in [0.1, 0.15) is 0 Å². The fraction of sp³-hybridized carbons (Fsp3) is 0.900. The second-order valence-electron chi connectivity index (χ2n) is 4.51. The van der Waals surface area contributed by atoms with Crippen molar-refractivity contribution in [2.24, 2.45) is 5.41 Å². The number of amides is 1. The molecule has 1 unspecified atom stereocenters. The van der Waals surface area contributed by atoms with Gasteiger partial charge in [0.05, 0.1) is 0 Å². The fourth-order valence-corrected chi connectivity index (χ4v) is 1.26. The number of rotatable bonds is 4. The molecular weight excluding hydrogens is 164 g/mol. The Morgan fingerprint density at radius 1 is 1.38 bits per heavy atom. The first-order chi connectivity index (χ1) is 5.88. The molecule has 0 radical (unpaired) electrons. The van der Waals surface area contributed by atoms with E-state index in [1.54, 1.807) is 6.92 Å². The third kappa shape index (κ3) is 5.64. The van der Waals surface area contributed by atoms with Crippen LogP contribution in [0.25, 0.3) is 0 Å². The van der Waals surface area contributed by atoms with Crippen LogP contribution in [0.15, 0.2) is 0 Å². The molecule has 0 spiro atoms. The Labute approximate surface area is 81.3 Å². The molecule has 0 heterocycles. The Balaban J connectivity index is 4.11. The summed E-state index contributed by atoms with van der Waals surface area (Å²) in [6.07, 6.45) is 0.972. The normalized spacial score (nSPS) is 13.9. The number of carbonyl (C=O) groups excluding carboxylic acids is 1. The van der Waals surface area contributed by atoms with Gasteiger partial charge in [-0.1, -0.05) is 20.8 Å². The van der Waals surface area contributed by atoms with E-state index in [0.29, 0.717) is 0 Å². The van der Waals surface area contributed by atoms with Gasteiger partial charge in [-0.05, 0) is 25.4 Å². The van der Waals surface area contributed by atoms with E-state index in [0.717, 1.165) is 13.0 Å². The Hall–Kier alpha value is -0.570. The molecule has 3 heteroatoms. The molecule has 0 rings (SSSR count). The van der Waals surface area contributed by atoms with Gasteiger partial charge in [-0.2, -0.15) is 0 Å². The minimum atomic E-state index is 0.0519. The van der Waals surface area contributed by atoms with Crippen LogP contribution in [0.4, 0.5) is 0 Å². The lowest BCUT2D eigenvalue weighted by molar-refractivity contribution is -0.120. The standard InChI is InChI=1S/C10H22N2O/c1-8(13)12-9(6-7-11-5)10(2,3)4/h9,11H,6-7H2,1-5H3,(H,12,13). The Bertz CT molecular complexity index is 161. The lowest BCUT2D eigenvalue weighted by atomic mass is 9.84. The SMILES string of the molecule is CNCCC(NC(C)=O)C(C)(C)C. The number of carbonyl (C=O) groups is 1. The van der Waals surface area contributed by atoms with Crippen LogP contribution in [-0.2, 0) is 4.79 Å². The summed E-state index contributed by atoms with van der Waals surface area (Å²) >= 11 is 0. The van der Waals surface area contributed by atoms with E-state index in [-0.39, 0.29) is 17.4 Å². The summed E-state index contributed by atoms with van der Waals surface area (Å²) in [4.78, 5) is 10.9. The van der Waals surface area contributed by atoms with Crippen molar-refractivity contribution in [1.29, 1.82) is 0 Å². The summed E-state index contributed by atoms with van der Waals surface area (Å²) in [6, 6.07) is 0.248. The van der Waals surface area contributed by atoms with E-state index < -0.39 is 0 Å². The number of nitrogens with one attached hydrogen (secondary N) is 2. The molecule has 3 nitrogen and oxygen atoms in total. The molecule has 1 atom stereocenters. The van der Waals surface area contributed by atoms with E-state index in [9.17, 15) is 4.79 Å². The molecule has 0 fully saturated rings. The van der Waals surface area contributed by atoms with Crippen molar-refractivity contribution < 1.29 is 4.79 Å². The molecule has 0 bridgehead atoms. The van der Waals surface area contributed by atoms with Crippen molar-refractivity contribution in [3.05, 3.63) is 0 Å². The Morgan fingerprint density at radius 2 is 1.92 bits per heavy atom. The van der Waals surface area contributed by atoms with Gasteiger partial charge in [-0.3, -0.25) is 4.79 Å². The van der Waals surface area contributed by atoms with Crippen LogP contribution in [0.1, 0.15) is 34.1 Å². The summed E-state index contributed by atoms with van der Waals surface area (Å²) in [5, 5.41) is 6.07. The van der Waals surface area contributed by atoms with Crippen LogP contribution in [0.3, 0.4) is 0 Å². The van der Waals surface area contributed by atoms with E-state index in [2.05, 4.69) is 31.4 Å². The molecule has 0 saturated carbocycles. The average molecular weight is 186 g/mol. The first-order valence-electron chi connectivity index (χ1n) is 4.79. The third-order valence-corrected chi connectivity index (χ3v) is 2.11. The molecule has 13 heavy (non-hydrogen) atoms. The molecule has 1 amide bonds. The zero-order valence-electron chi connectivity index (χ0n) is 9.40. The van der Waals surface area contributed by atoms with E-state index in [4.69, 9.17) is 0 Å². The van der Waals surface area contributed by atoms with Gasteiger partial charge in [0.25, 0.3) is 0 Å². The van der Waals surface area contributed by atoms with Crippen LogP contribution >= 0.6 is 0 Å². The van der Waals surface area contributed by atoms with Gasteiger partial charge >= 0.3 is 0 Å². The predicted octanol–water partition coefficient (Wildman–Crippen LogP) is 1.15. The molecule has 0 aliphatic heterocycles. The number of hydrogen-bond donors (Lipinski definition) is 2. The molecule has 2 N–H and O–H groups in total. The van der Waals surface area contributed by atoms with Crippen LogP contribution < -0.4 is 10.6 Å². The van der Waals surface area contributed by atoms with Crippen molar-refractivity contribution in [1.82, 2.24) is 10.6 Å². The topological polar surface area (TPSA) is 41.1 Å². The second kappa shape index (κ2) is 5.22. The maximum atomic E-state index is 10.9. The van der Waals surface area contributed by atoms with Gasteiger partial charge in [0, 0.05) is 13.0 Å². The lowest BCUT2D eigenvalue weighted by Crippen LogP contribution is -2.44. The van der Waals surface area contributed by atoms with Gasteiger partial charge < -0.3 is 10.6 Å². The maximum absolute atomic E-state index is 10.9. The summed E-state index contributed by atoms with van der Waals surface area (Å²) in [6.45, 7) is 8.93. The summed E-state index contributed by atoms with van der Waals surface area (Å²) in [7, 11) is 1.92. The highest BCUT2D eigenvalue weighted by Gasteiger charge is 2.24. The van der Waals surface area contributed by atoms with Crippen LogP contribution in [-0.4, -0.2) is 25.5 Å². The maximum Gasteiger partial charge on any atom is 0.217 e. The molecule has 0 aromatic rings. The highest BCUT2D eigenvalue weighted by molar-refractivity contribution is 5.73. The molecular formula is C10H22N2O. The van der Waals surface area contributed by atoms with E-state index in [1.165, 1.54) is 0 Å². The van der Waals surface area contributed by atoms with Gasteiger partial charge in [-0.15, -0.1) is 0 Å².